The molecule has 0 heterocycles. The van der Waals surface area contributed by atoms with Crippen LogP contribution in [0, 0.1) is 5.82 Å². The zero-order valence-electron chi connectivity index (χ0n) is 12.2. The lowest BCUT2D eigenvalue weighted by molar-refractivity contribution is -0.123. The van der Waals surface area contributed by atoms with Crippen molar-refractivity contribution in [2.75, 3.05) is 0 Å². The standard InChI is InChI=1S/C18H15FN2O2/c19-16-8-4-7-15(13-16)10-12-18(23)21-20-17(22)11-9-14-5-2-1-3-6-14/h1-13H,(H,20,22)(H,21,23)/b11-9?,12-10+. The van der Waals surface area contributed by atoms with Gasteiger partial charge in [0.25, 0.3) is 11.8 Å². The molecule has 4 nitrogen and oxygen atoms in total. The van der Waals surface area contributed by atoms with E-state index in [0.717, 1.165) is 5.56 Å². The first-order chi connectivity index (χ1) is 11.1. The van der Waals surface area contributed by atoms with Crippen LogP contribution in [0.15, 0.2) is 66.7 Å². The number of hydrogen-bond acceptors (Lipinski definition) is 2. The van der Waals surface area contributed by atoms with Gasteiger partial charge in [-0.25, -0.2) is 4.39 Å². The van der Waals surface area contributed by atoms with Gasteiger partial charge in [0.05, 0.1) is 0 Å². The van der Waals surface area contributed by atoms with Gasteiger partial charge >= 0.3 is 0 Å². The van der Waals surface area contributed by atoms with Gasteiger partial charge in [-0.3, -0.25) is 20.4 Å². The van der Waals surface area contributed by atoms with E-state index in [0.29, 0.717) is 5.56 Å². The van der Waals surface area contributed by atoms with Crippen LogP contribution in [0.3, 0.4) is 0 Å². The SMILES string of the molecule is O=C(C=Cc1ccccc1)NNC(=O)/C=C/c1cccc(F)c1. The molecule has 2 rings (SSSR count). The number of hydrazine groups is 1. The molecule has 0 aliphatic carbocycles. The van der Waals surface area contributed by atoms with Crippen molar-refractivity contribution < 1.29 is 14.0 Å². The highest BCUT2D eigenvalue weighted by atomic mass is 19.1. The van der Waals surface area contributed by atoms with Gasteiger partial charge in [0, 0.05) is 12.2 Å². The van der Waals surface area contributed by atoms with Crippen molar-refractivity contribution in [3.63, 3.8) is 0 Å². The van der Waals surface area contributed by atoms with Crippen molar-refractivity contribution in [1.29, 1.82) is 0 Å². The van der Waals surface area contributed by atoms with Gasteiger partial charge in [0.2, 0.25) is 0 Å². The minimum atomic E-state index is -0.518. The quantitative estimate of drug-likeness (QED) is 0.674. The second-order valence-corrected chi connectivity index (χ2v) is 4.61. The number of carbonyl (C=O) groups is 2. The van der Waals surface area contributed by atoms with E-state index in [9.17, 15) is 14.0 Å². The molecule has 0 atom stereocenters. The fraction of sp³-hybridized carbons (Fsp3) is 0. The normalized spacial score (nSPS) is 10.8. The van der Waals surface area contributed by atoms with E-state index in [1.54, 1.807) is 18.2 Å². The van der Waals surface area contributed by atoms with E-state index >= 15 is 0 Å². The number of carbonyl (C=O) groups excluding carboxylic acids is 2. The van der Waals surface area contributed by atoms with Gasteiger partial charge in [-0.1, -0.05) is 42.5 Å². The topological polar surface area (TPSA) is 58.2 Å². The van der Waals surface area contributed by atoms with Gasteiger partial charge in [0.1, 0.15) is 5.82 Å². The highest BCUT2D eigenvalue weighted by Gasteiger charge is 1.98. The summed E-state index contributed by atoms with van der Waals surface area (Å²) in [6.07, 6.45) is 5.59. The Hall–Kier alpha value is -3.21. The molecule has 0 aliphatic heterocycles. The minimum Gasteiger partial charge on any atom is -0.268 e. The maximum Gasteiger partial charge on any atom is 0.262 e. The molecule has 0 fully saturated rings. The predicted octanol–water partition coefficient (Wildman–Crippen LogP) is 2.70. The average molecular weight is 310 g/mol. The number of benzene rings is 2. The number of nitrogens with one attached hydrogen (secondary N) is 2. The fourth-order valence-corrected chi connectivity index (χ4v) is 1.72. The van der Waals surface area contributed by atoms with Crippen LogP contribution >= 0.6 is 0 Å². The Morgan fingerprint density at radius 2 is 1.35 bits per heavy atom. The zero-order valence-corrected chi connectivity index (χ0v) is 12.2. The second kappa shape index (κ2) is 8.29. The van der Waals surface area contributed by atoms with Crippen LogP contribution in [0.5, 0.6) is 0 Å². The third-order valence-electron chi connectivity index (χ3n) is 2.81. The fourth-order valence-electron chi connectivity index (χ4n) is 1.72. The first-order valence-corrected chi connectivity index (χ1v) is 6.90. The van der Waals surface area contributed by atoms with Crippen molar-refractivity contribution >= 4 is 24.0 Å². The molecule has 2 N–H and O–H groups in total. The Morgan fingerprint density at radius 1 is 0.783 bits per heavy atom. The molecule has 0 saturated carbocycles. The Kier molecular flexibility index (Phi) is 5.82. The lowest BCUT2D eigenvalue weighted by Gasteiger charge is -2.01. The van der Waals surface area contributed by atoms with E-state index in [4.69, 9.17) is 0 Å². The van der Waals surface area contributed by atoms with E-state index in [1.165, 1.54) is 30.4 Å². The largest absolute Gasteiger partial charge is 0.268 e. The molecule has 2 amide bonds. The van der Waals surface area contributed by atoms with Gasteiger partial charge < -0.3 is 0 Å². The Labute approximate surface area is 133 Å². The van der Waals surface area contributed by atoms with Gasteiger partial charge in [0.15, 0.2) is 0 Å². The molecule has 5 heteroatoms. The second-order valence-electron chi connectivity index (χ2n) is 4.61. The maximum atomic E-state index is 13.0. The highest BCUT2D eigenvalue weighted by Crippen LogP contribution is 2.05. The van der Waals surface area contributed by atoms with E-state index in [-0.39, 0.29) is 5.82 Å². The first kappa shape index (κ1) is 16.2. The van der Waals surface area contributed by atoms with Crippen LogP contribution < -0.4 is 10.9 Å². The monoisotopic (exact) mass is 310 g/mol. The summed E-state index contributed by atoms with van der Waals surface area (Å²) >= 11 is 0. The summed E-state index contributed by atoms with van der Waals surface area (Å²) < 4.78 is 13.0. The number of halogens is 1. The van der Waals surface area contributed by atoms with Crippen molar-refractivity contribution in [3.8, 4) is 0 Å². The molecule has 0 aliphatic rings. The molecule has 2 aromatic carbocycles. The van der Waals surface area contributed by atoms with E-state index in [2.05, 4.69) is 10.9 Å². The van der Waals surface area contributed by atoms with E-state index < -0.39 is 11.8 Å². The Balaban J connectivity index is 1.80. The molecule has 0 radical (unpaired) electrons. The molecule has 0 unspecified atom stereocenters. The predicted molar refractivity (Wildman–Crippen MR) is 87.2 cm³/mol. The third kappa shape index (κ3) is 5.97. The lowest BCUT2D eigenvalue weighted by Crippen LogP contribution is -2.39. The van der Waals surface area contributed by atoms with Crippen LogP contribution in [-0.4, -0.2) is 11.8 Å². The van der Waals surface area contributed by atoms with Crippen LogP contribution in [0.25, 0.3) is 12.2 Å². The molecular weight excluding hydrogens is 295 g/mol. The summed E-state index contributed by atoms with van der Waals surface area (Å²) in [6.45, 7) is 0. The lowest BCUT2D eigenvalue weighted by atomic mass is 10.2. The summed E-state index contributed by atoms with van der Waals surface area (Å²) in [6, 6.07) is 15.1. The van der Waals surface area contributed by atoms with Gasteiger partial charge in [-0.05, 0) is 35.4 Å². The molecular formula is C18H15FN2O2. The Morgan fingerprint density at radius 3 is 1.96 bits per heavy atom. The molecule has 116 valence electrons. The van der Waals surface area contributed by atoms with Crippen LogP contribution in [0.1, 0.15) is 11.1 Å². The molecule has 0 spiro atoms. The maximum absolute atomic E-state index is 13.0. The van der Waals surface area contributed by atoms with Crippen LogP contribution in [0.4, 0.5) is 4.39 Å². The van der Waals surface area contributed by atoms with Crippen molar-refractivity contribution in [2.24, 2.45) is 0 Å². The minimum absolute atomic E-state index is 0.382. The first-order valence-electron chi connectivity index (χ1n) is 6.90. The van der Waals surface area contributed by atoms with E-state index in [1.807, 2.05) is 30.3 Å². The summed E-state index contributed by atoms with van der Waals surface area (Å²) in [4.78, 5) is 23.1. The molecule has 23 heavy (non-hydrogen) atoms. The van der Waals surface area contributed by atoms with Crippen molar-refractivity contribution in [2.45, 2.75) is 0 Å². The number of rotatable bonds is 4. The summed E-state index contributed by atoms with van der Waals surface area (Å²) in [7, 11) is 0. The molecule has 0 aromatic heterocycles. The van der Waals surface area contributed by atoms with Crippen molar-refractivity contribution in [3.05, 3.63) is 83.7 Å². The zero-order chi connectivity index (χ0) is 16.5. The number of amides is 2. The summed E-state index contributed by atoms with van der Waals surface area (Å²) in [5.41, 5.74) is 5.91. The van der Waals surface area contributed by atoms with Gasteiger partial charge in [-0.2, -0.15) is 0 Å². The highest BCUT2D eigenvalue weighted by molar-refractivity contribution is 5.96. The summed E-state index contributed by atoms with van der Waals surface area (Å²) in [5, 5.41) is 0. The van der Waals surface area contributed by atoms with Crippen LogP contribution in [-0.2, 0) is 9.59 Å². The smallest absolute Gasteiger partial charge is 0.262 e. The van der Waals surface area contributed by atoms with Crippen molar-refractivity contribution in [1.82, 2.24) is 10.9 Å². The third-order valence-corrected chi connectivity index (χ3v) is 2.81. The molecule has 0 bridgehead atoms. The molecule has 2 aromatic rings. The average Bonchev–Trinajstić information content (AvgIpc) is 2.57. The number of hydrogen-bond donors (Lipinski definition) is 2. The molecule has 0 saturated heterocycles. The van der Waals surface area contributed by atoms with Gasteiger partial charge in [-0.15, -0.1) is 0 Å². The summed E-state index contributed by atoms with van der Waals surface area (Å²) in [5.74, 6) is -1.36. The van der Waals surface area contributed by atoms with Crippen LogP contribution in [0.2, 0.25) is 0 Å². The Bertz CT molecular complexity index is 740.